The van der Waals surface area contributed by atoms with Crippen LogP contribution in [0.1, 0.15) is 48.4 Å². The Balaban J connectivity index is 1.79. The molecule has 1 saturated heterocycles. The van der Waals surface area contributed by atoms with Gasteiger partial charge < -0.3 is 9.84 Å². The summed E-state index contributed by atoms with van der Waals surface area (Å²) in [6, 6.07) is 8.70. The molecular formula is C26H27Cl2F3N2O5. The molecule has 0 bridgehead atoms. The summed E-state index contributed by atoms with van der Waals surface area (Å²) in [5, 5.41) is 9.93. The number of hydrogen-bond donors (Lipinski definition) is 1. The predicted octanol–water partition coefficient (Wildman–Crippen LogP) is 5.80. The zero-order chi connectivity index (χ0) is 28.0. The fourth-order valence-corrected chi connectivity index (χ4v) is 4.59. The van der Waals surface area contributed by atoms with Crippen LogP contribution in [0.5, 0.6) is 5.75 Å². The fourth-order valence-electron chi connectivity index (χ4n) is 4.28. The molecule has 2 aromatic carbocycles. The number of amides is 2. The molecule has 3 rings (SSSR count). The first-order valence-electron chi connectivity index (χ1n) is 11.9. The Kier molecular flexibility index (Phi) is 10.0. The van der Waals surface area contributed by atoms with Crippen molar-refractivity contribution in [2.45, 2.75) is 51.4 Å². The third-order valence-electron chi connectivity index (χ3n) is 6.17. The lowest BCUT2D eigenvalue weighted by Crippen LogP contribution is -2.33. The summed E-state index contributed by atoms with van der Waals surface area (Å²) in [5.74, 6) is -1.14. The van der Waals surface area contributed by atoms with E-state index in [0.717, 1.165) is 4.90 Å². The van der Waals surface area contributed by atoms with Gasteiger partial charge in [-0.15, -0.1) is 0 Å². The molecule has 1 unspecified atom stereocenters. The SMILES string of the molecule is Cc1cc(CN(CCC(F)(F)F)C(CC(=O)O)c2ccc(Cl)c(Cl)c2)ccc1OCCN1C(=O)CCC1=O. The van der Waals surface area contributed by atoms with E-state index in [1.54, 1.807) is 31.2 Å². The highest BCUT2D eigenvalue weighted by molar-refractivity contribution is 6.42. The van der Waals surface area contributed by atoms with Crippen LogP contribution in [0.25, 0.3) is 0 Å². The third kappa shape index (κ3) is 8.34. The minimum Gasteiger partial charge on any atom is -0.491 e. The Hall–Kier alpha value is -2.82. The Morgan fingerprint density at radius 1 is 1.11 bits per heavy atom. The topological polar surface area (TPSA) is 87.2 Å². The van der Waals surface area contributed by atoms with Crippen LogP contribution in [0.2, 0.25) is 10.0 Å². The number of hydrogen-bond acceptors (Lipinski definition) is 5. The van der Waals surface area contributed by atoms with E-state index in [-0.39, 0.29) is 54.4 Å². The molecule has 1 N–H and O–H groups in total. The van der Waals surface area contributed by atoms with Gasteiger partial charge in [-0.2, -0.15) is 13.2 Å². The first-order chi connectivity index (χ1) is 17.8. The van der Waals surface area contributed by atoms with E-state index < -0.39 is 37.6 Å². The highest BCUT2D eigenvalue weighted by atomic mass is 35.5. The van der Waals surface area contributed by atoms with E-state index in [2.05, 4.69) is 0 Å². The molecule has 0 spiro atoms. The van der Waals surface area contributed by atoms with Crippen molar-refractivity contribution in [2.75, 3.05) is 19.7 Å². The number of imide groups is 1. The van der Waals surface area contributed by atoms with Crippen LogP contribution in [0, 0.1) is 6.92 Å². The average molecular weight is 575 g/mol. The van der Waals surface area contributed by atoms with Gasteiger partial charge in [0.1, 0.15) is 12.4 Å². The van der Waals surface area contributed by atoms with Crippen LogP contribution in [0.4, 0.5) is 13.2 Å². The number of carboxylic acid groups (broad SMARTS) is 1. The molecule has 1 atom stereocenters. The van der Waals surface area contributed by atoms with Gasteiger partial charge in [0.2, 0.25) is 11.8 Å². The normalized spacial score (nSPS) is 14.9. The van der Waals surface area contributed by atoms with Gasteiger partial charge in [-0.05, 0) is 41.8 Å². The summed E-state index contributed by atoms with van der Waals surface area (Å²) in [5.41, 5.74) is 1.78. The number of carboxylic acids is 1. The van der Waals surface area contributed by atoms with Crippen molar-refractivity contribution in [3.05, 3.63) is 63.1 Å². The van der Waals surface area contributed by atoms with Crippen molar-refractivity contribution >= 4 is 41.0 Å². The number of halogens is 5. The number of aryl methyl sites for hydroxylation is 1. The minimum absolute atomic E-state index is 0.0339. The maximum absolute atomic E-state index is 13.2. The van der Waals surface area contributed by atoms with Crippen molar-refractivity contribution in [2.24, 2.45) is 0 Å². The molecule has 206 valence electrons. The number of carbonyl (C=O) groups excluding carboxylic acids is 2. The molecule has 1 heterocycles. The molecule has 1 aliphatic rings. The molecule has 0 saturated carbocycles. The number of ether oxygens (including phenoxy) is 1. The Morgan fingerprint density at radius 2 is 1.79 bits per heavy atom. The number of aliphatic carboxylic acids is 1. The van der Waals surface area contributed by atoms with Gasteiger partial charge in [-0.25, -0.2) is 0 Å². The van der Waals surface area contributed by atoms with Gasteiger partial charge in [0, 0.05) is 32.0 Å². The molecule has 1 aliphatic heterocycles. The number of benzene rings is 2. The van der Waals surface area contributed by atoms with Gasteiger partial charge in [0.25, 0.3) is 0 Å². The largest absolute Gasteiger partial charge is 0.491 e. The highest BCUT2D eigenvalue weighted by Crippen LogP contribution is 2.33. The molecular weight excluding hydrogens is 548 g/mol. The van der Waals surface area contributed by atoms with Crippen LogP contribution in [-0.2, 0) is 20.9 Å². The smallest absolute Gasteiger partial charge is 0.390 e. The predicted molar refractivity (Wildman–Crippen MR) is 135 cm³/mol. The summed E-state index contributed by atoms with van der Waals surface area (Å²) in [7, 11) is 0. The number of likely N-dealkylation sites (tertiary alicyclic amines) is 1. The molecule has 0 radical (unpaired) electrons. The van der Waals surface area contributed by atoms with Gasteiger partial charge in [0.15, 0.2) is 0 Å². The lowest BCUT2D eigenvalue weighted by molar-refractivity contribution is -0.143. The van der Waals surface area contributed by atoms with Crippen molar-refractivity contribution in [3.63, 3.8) is 0 Å². The zero-order valence-corrected chi connectivity index (χ0v) is 22.1. The van der Waals surface area contributed by atoms with E-state index in [1.165, 1.54) is 17.0 Å². The quantitative estimate of drug-likeness (QED) is 0.322. The minimum atomic E-state index is -4.44. The highest BCUT2D eigenvalue weighted by Gasteiger charge is 2.32. The molecule has 2 amide bonds. The third-order valence-corrected chi connectivity index (χ3v) is 6.91. The Labute approximate surface area is 228 Å². The molecule has 0 aromatic heterocycles. The van der Waals surface area contributed by atoms with Crippen LogP contribution in [0.3, 0.4) is 0 Å². The van der Waals surface area contributed by atoms with Crippen LogP contribution >= 0.6 is 23.2 Å². The van der Waals surface area contributed by atoms with Crippen molar-refractivity contribution in [3.8, 4) is 5.75 Å². The molecule has 1 fully saturated rings. The number of carbonyl (C=O) groups is 3. The van der Waals surface area contributed by atoms with E-state index >= 15 is 0 Å². The molecule has 2 aromatic rings. The number of nitrogens with zero attached hydrogens (tertiary/aromatic N) is 2. The van der Waals surface area contributed by atoms with E-state index in [1.807, 2.05) is 0 Å². The molecule has 12 heteroatoms. The molecule has 38 heavy (non-hydrogen) atoms. The summed E-state index contributed by atoms with van der Waals surface area (Å²) < 4.78 is 45.2. The lowest BCUT2D eigenvalue weighted by atomic mass is 10.00. The van der Waals surface area contributed by atoms with Crippen LogP contribution in [-0.4, -0.2) is 58.6 Å². The van der Waals surface area contributed by atoms with Crippen molar-refractivity contribution in [1.29, 1.82) is 0 Å². The zero-order valence-electron chi connectivity index (χ0n) is 20.6. The second-order valence-corrected chi connectivity index (χ2v) is 9.82. The Bertz CT molecular complexity index is 1180. The average Bonchev–Trinajstić information content (AvgIpc) is 3.15. The van der Waals surface area contributed by atoms with Crippen LogP contribution < -0.4 is 4.74 Å². The summed E-state index contributed by atoms with van der Waals surface area (Å²) in [6.07, 6.45) is -5.61. The second kappa shape index (κ2) is 12.8. The van der Waals surface area contributed by atoms with Gasteiger partial charge >= 0.3 is 12.1 Å². The number of rotatable bonds is 12. The maximum Gasteiger partial charge on any atom is 0.390 e. The van der Waals surface area contributed by atoms with Crippen molar-refractivity contribution < 1.29 is 37.4 Å². The first-order valence-corrected chi connectivity index (χ1v) is 12.6. The summed E-state index contributed by atoms with van der Waals surface area (Å²) in [4.78, 5) is 37.8. The van der Waals surface area contributed by atoms with Gasteiger partial charge in [-0.1, -0.05) is 41.4 Å². The van der Waals surface area contributed by atoms with Gasteiger partial charge in [0.05, 0.1) is 29.4 Å². The number of alkyl halides is 3. The summed E-state index contributed by atoms with van der Waals surface area (Å²) >= 11 is 12.1. The first kappa shape index (κ1) is 29.7. The van der Waals surface area contributed by atoms with E-state index in [4.69, 9.17) is 27.9 Å². The lowest BCUT2D eigenvalue weighted by Gasteiger charge is -2.32. The molecule has 7 nitrogen and oxygen atoms in total. The monoisotopic (exact) mass is 574 g/mol. The van der Waals surface area contributed by atoms with Crippen LogP contribution in [0.15, 0.2) is 36.4 Å². The van der Waals surface area contributed by atoms with Gasteiger partial charge in [-0.3, -0.25) is 24.2 Å². The second-order valence-electron chi connectivity index (χ2n) is 9.01. The molecule has 0 aliphatic carbocycles. The standard InChI is InChI=1S/C26H27Cl2F3N2O5/c1-16-12-17(2-5-22(16)38-11-10-33-23(34)6-7-24(33)35)15-32(9-8-26(29,30)31)21(14-25(36)37)18-3-4-19(27)20(28)13-18/h2-5,12-13,21H,6-11,14-15H2,1H3,(H,36,37). The Morgan fingerprint density at radius 3 is 2.37 bits per heavy atom. The fraction of sp³-hybridized carbons (Fsp3) is 0.423. The van der Waals surface area contributed by atoms with E-state index in [9.17, 15) is 32.7 Å². The maximum atomic E-state index is 13.2. The summed E-state index contributed by atoms with van der Waals surface area (Å²) in [6.45, 7) is 1.60. The van der Waals surface area contributed by atoms with Crippen molar-refractivity contribution in [1.82, 2.24) is 9.80 Å². The van der Waals surface area contributed by atoms with E-state index in [0.29, 0.717) is 22.4 Å².